The van der Waals surface area contributed by atoms with Crippen LogP contribution < -0.4 is 10.5 Å². The molecule has 15 heavy (non-hydrogen) atoms. The highest BCUT2D eigenvalue weighted by molar-refractivity contribution is 6.32. The van der Waals surface area contributed by atoms with Crippen molar-refractivity contribution < 1.29 is 4.74 Å². The van der Waals surface area contributed by atoms with Crippen molar-refractivity contribution >= 4 is 17.3 Å². The quantitative estimate of drug-likeness (QED) is 0.862. The first-order chi connectivity index (χ1) is 6.99. The summed E-state index contributed by atoms with van der Waals surface area (Å²) in [5.41, 5.74) is 6.08. The van der Waals surface area contributed by atoms with Gasteiger partial charge in [0.2, 0.25) is 5.88 Å². The lowest BCUT2D eigenvalue weighted by Gasteiger charge is -2.16. The fraction of sp³-hybridized carbons (Fsp3) is 0.545. The van der Waals surface area contributed by atoms with Gasteiger partial charge in [0.25, 0.3) is 0 Å². The zero-order chi connectivity index (χ0) is 11.4. The third kappa shape index (κ3) is 3.96. The lowest BCUT2D eigenvalue weighted by Crippen LogP contribution is -2.15. The maximum atomic E-state index is 5.94. The molecule has 0 aliphatic heterocycles. The highest BCUT2D eigenvalue weighted by atomic mass is 35.5. The first-order valence-electron chi connectivity index (χ1n) is 5.06. The molecule has 0 aromatic carbocycles. The largest absolute Gasteiger partial charge is 0.474 e. The monoisotopic (exact) mass is 228 g/mol. The van der Waals surface area contributed by atoms with Gasteiger partial charge in [-0.15, -0.1) is 0 Å². The van der Waals surface area contributed by atoms with E-state index in [2.05, 4.69) is 18.8 Å². The van der Waals surface area contributed by atoms with Crippen LogP contribution in [0.15, 0.2) is 12.3 Å². The van der Waals surface area contributed by atoms with Crippen molar-refractivity contribution in [2.24, 2.45) is 5.92 Å². The average Bonchev–Trinajstić information content (AvgIpc) is 2.08. The molecule has 1 unspecified atom stereocenters. The molecule has 1 rings (SSSR count). The molecule has 2 N–H and O–H groups in total. The Morgan fingerprint density at radius 2 is 2.13 bits per heavy atom. The molecule has 1 heterocycles. The highest BCUT2D eigenvalue weighted by Gasteiger charge is 2.10. The summed E-state index contributed by atoms with van der Waals surface area (Å²) >= 11 is 5.94. The van der Waals surface area contributed by atoms with E-state index in [4.69, 9.17) is 22.1 Å². The molecule has 4 heteroatoms. The van der Waals surface area contributed by atoms with E-state index < -0.39 is 0 Å². The van der Waals surface area contributed by atoms with Crippen LogP contribution in [0.5, 0.6) is 5.88 Å². The van der Waals surface area contributed by atoms with E-state index in [-0.39, 0.29) is 6.10 Å². The van der Waals surface area contributed by atoms with Crippen molar-refractivity contribution in [1.29, 1.82) is 0 Å². The van der Waals surface area contributed by atoms with Gasteiger partial charge in [-0.05, 0) is 25.3 Å². The normalized spacial score (nSPS) is 12.9. The molecule has 3 nitrogen and oxygen atoms in total. The van der Waals surface area contributed by atoms with Gasteiger partial charge in [-0.1, -0.05) is 25.4 Å². The van der Waals surface area contributed by atoms with Crippen LogP contribution in [0.3, 0.4) is 0 Å². The van der Waals surface area contributed by atoms with Gasteiger partial charge in [0, 0.05) is 0 Å². The number of rotatable bonds is 4. The van der Waals surface area contributed by atoms with Crippen molar-refractivity contribution in [2.45, 2.75) is 33.3 Å². The summed E-state index contributed by atoms with van der Waals surface area (Å²) in [4.78, 5) is 4.05. The van der Waals surface area contributed by atoms with Crippen LogP contribution >= 0.6 is 11.6 Å². The zero-order valence-corrected chi connectivity index (χ0v) is 10.1. The lowest BCUT2D eigenvalue weighted by atomic mass is 10.1. The maximum Gasteiger partial charge on any atom is 0.232 e. The summed E-state index contributed by atoms with van der Waals surface area (Å²) in [6, 6.07) is 1.64. The Labute approximate surface area is 95.6 Å². The third-order valence-electron chi connectivity index (χ3n) is 1.94. The number of nitrogens with zero attached hydrogens (tertiary/aromatic N) is 1. The van der Waals surface area contributed by atoms with E-state index in [9.17, 15) is 0 Å². The van der Waals surface area contributed by atoms with Crippen molar-refractivity contribution in [3.63, 3.8) is 0 Å². The van der Waals surface area contributed by atoms with Gasteiger partial charge >= 0.3 is 0 Å². The molecule has 0 saturated carbocycles. The topological polar surface area (TPSA) is 48.1 Å². The molecular weight excluding hydrogens is 212 g/mol. The van der Waals surface area contributed by atoms with E-state index in [0.717, 1.165) is 6.42 Å². The Balaban J connectivity index is 2.64. The first-order valence-corrected chi connectivity index (χ1v) is 5.44. The van der Waals surface area contributed by atoms with Crippen LogP contribution in [0.4, 0.5) is 5.69 Å². The molecule has 0 spiro atoms. The SMILES string of the molecule is CC(C)CC(C)Oc1ncc(N)cc1Cl. The van der Waals surface area contributed by atoms with Gasteiger partial charge in [0.05, 0.1) is 18.0 Å². The average molecular weight is 229 g/mol. The summed E-state index contributed by atoms with van der Waals surface area (Å²) < 4.78 is 5.61. The van der Waals surface area contributed by atoms with Gasteiger partial charge in [-0.25, -0.2) is 4.98 Å². The minimum Gasteiger partial charge on any atom is -0.474 e. The van der Waals surface area contributed by atoms with Crippen LogP contribution in [0, 0.1) is 5.92 Å². The predicted molar refractivity (Wildman–Crippen MR) is 63.2 cm³/mol. The maximum absolute atomic E-state index is 5.94. The predicted octanol–water partition coefficient (Wildman–Crippen LogP) is 3.13. The molecule has 0 aliphatic rings. The van der Waals surface area contributed by atoms with E-state index in [1.165, 1.54) is 0 Å². The highest BCUT2D eigenvalue weighted by Crippen LogP contribution is 2.25. The van der Waals surface area contributed by atoms with E-state index in [1.807, 2.05) is 6.92 Å². The smallest absolute Gasteiger partial charge is 0.232 e. The molecule has 1 aromatic rings. The van der Waals surface area contributed by atoms with Crippen molar-refractivity contribution in [3.8, 4) is 5.88 Å². The number of pyridine rings is 1. The molecule has 1 aromatic heterocycles. The van der Waals surface area contributed by atoms with Gasteiger partial charge in [-0.2, -0.15) is 0 Å². The third-order valence-corrected chi connectivity index (χ3v) is 2.22. The number of hydrogen-bond acceptors (Lipinski definition) is 3. The second-order valence-electron chi connectivity index (χ2n) is 4.11. The Kier molecular flexibility index (Phi) is 4.21. The van der Waals surface area contributed by atoms with Crippen LogP contribution in [0.25, 0.3) is 0 Å². The second-order valence-corrected chi connectivity index (χ2v) is 4.52. The lowest BCUT2D eigenvalue weighted by molar-refractivity contribution is 0.186. The molecular formula is C11H17ClN2O. The number of nitrogen functional groups attached to an aromatic ring is 1. The second kappa shape index (κ2) is 5.21. The number of nitrogens with two attached hydrogens (primary N) is 1. The van der Waals surface area contributed by atoms with Crippen molar-refractivity contribution in [3.05, 3.63) is 17.3 Å². The van der Waals surface area contributed by atoms with Gasteiger partial charge < -0.3 is 10.5 Å². The number of ether oxygens (including phenoxy) is 1. The van der Waals surface area contributed by atoms with Crippen LogP contribution in [0.2, 0.25) is 5.02 Å². The Hall–Kier alpha value is -0.960. The number of anilines is 1. The van der Waals surface area contributed by atoms with Crippen LogP contribution in [0.1, 0.15) is 27.2 Å². The van der Waals surface area contributed by atoms with Gasteiger partial charge in [-0.3, -0.25) is 0 Å². The van der Waals surface area contributed by atoms with Crippen LogP contribution in [-0.4, -0.2) is 11.1 Å². The fourth-order valence-electron chi connectivity index (χ4n) is 1.43. The molecule has 0 amide bonds. The van der Waals surface area contributed by atoms with E-state index >= 15 is 0 Å². The van der Waals surface area contributed by atoms with Gasteiger partial charge in [0.15, 0.2) is 0 Å². The summed E-state index contributed by atoms with van der Waals surface area (Å²) in [5.74, 6) is 1.05. The Morgan fingerprint density at radius 1 is 1.47 bits per heavy atom. The molecule has 0 aliphatic carbocycles. The number of aromatic nitrogens is 1. The van der Waals surface area contributed by atoms with Crippen molar-refractivity contribution in [1.82, 2.24) is 4.98 Å². The number of hydrogen-bond donors (Lipinski definition) is 1. The minimum atomic E-state index is 0.110. The summed E-state index contributed by atoms with van der Waals surface area (Å²) in [6.07, 6.45) is 2.63. The summed E-state index contributed by atoms with van der Waals surface area (Å²) in [5, 5.41) is 0.464. The Morgan fingerprint density at radius 3 is 2.67 bits per heavy atom. The number of halogens is 1. The molecule has 0 fully saturated rings. The standard InChI is InChI=1S/C11H17ClN2O/c1-7(2)4-8(3)15-11-10(12)5-9(13)6-14-11/h5-8H,4,13H2,1-3H3. The molecule has 0 bridgehead atoms. The zero-order valence-electron chi connectivity index (χ0n) is 9.33. The molecule has 1 atom stereocenters. The summed E-state index contributed by atoms with van der Waals surface area (Å²) in [7, 11) is 0. The summed E-state index contributed by atoms with van der Waals surface area (Å²) in [6.45, 7) is 6.31. The first kappa shape index (κ1) is 12.1. The van der Waals surface area contributed by atoms with E-state index in [1.54, 1.807) is 12.3 Å². The molecule has 0 radical (unpaired) electrons. The van der Waals surface area contributed by atoms with Crippen LogP contribution in [-0.2, 0) is 0 Å². The fourth-order valence-corrected chi connectivity index (χ4v) is 1.65. The molecule has 0 saturated heterocycles. The minimum absolute atomic E-state index is 0.110. The van der Waals surface area contributed by atoms with E-state index in [0.29, 0.717) is 22.5 Å². The van der Waals surface area contributed by atoms with Gasteiger partial charge in [0.1, 0.15) is 5.02 Å². The molecule has 84 valence electrons. The van der Waals surface area contributed by atoms with Crippen molar-refractivity contribution in [2.75, 3.05) is 5.73 Å². The Bertz CT molecular complexity index is 328.